The van der Waals surface area contributed by atoms with Crippen molar-refractivity contribution < 1.29 is 9.53 Å². The number of rotatable bonds is 0. The molecule has 0 aliphatic rings. The van der Waals surface area contributed by atoms with E-state index in [1.54, 1.807) is 33.0 Å². The number of nitrogens with zero attached hydrogens (tertiary/aromatic N) is 2. The fourth-order valence-corrected chi connectivity index (χ4v) is 1.99. The lowest BCUT2D eigenvalue weighted by molar-refractivity contribution is 0.0543. The number of carbonyl (C=O) groups excluding carboxylic acids is 1. The highest BCUT2D eigenvalue weighted by molar-refractivity contribution is 6.37. The van der Waals surface area contributed by atoms with Crippen molar-refractivity contribution in [3.05, 3.63) is 28.5 Å². The Bertz CT molecular complexity index is 614. The third-order valence-electron chi connectivity index (χ3n) is 2.17. The van der Waals surface area contributed by atoms with Crippen LogP contribution in [0.1, 0.15) is 20.8 Å². The number of halogens is 2. The van der Waals surface area contributed by atoms with Gasteiger partial charge in [-0.3, -0.25) is 0 Å². The average molecular weight is 287 g/mol. The van der Waals surface area contributed by atoms with Crippen molar-refractivity contribution in [2.75, 3.05) is 0 Å². The molecule has 2 aromatic heterocycles. The molecule has 4 nitrogen and oxygen atoms in total. The summed E-state index contributed by atoms with van der Waals surface area (Å²) in [6, 6.07) is 3.23. The Labute approximate surface area is 114 Å². The van der Waals surface area contributed by atoms with Crippen LogP contribution in [-0.4, -0.2) is 21.2 Å². The van der Waals surface area contributed by atoms with Crippen molar-refractivity contribution in [1.29, 1.82) is 0 Å². The van der Waals surface area contributed by atoms with Crippen LogP contribution in [0.3, 0.4) is 0 Å². The minimum atomic E-state index is -0.573. The lowest BCUT2D eigenvalue weighted by Gasteiger charge is -2.19. The minimum absolute atomic E-state index is 0.232. The Balaban J connectivity index is 2.49. The zero-order chi connectivity index (χ0) is 13.5. The molecule has 2 rings (SSSR count). The molecule has 0 N–H and O–H groups in total. The van der Waals surface area contributed by atoms with Gasteiger partial charge in [-0.2, -0.15) is 0 Å². The monoisotopic (exact) mass is 286 g/mol. The van der Waals surface area contributed by atoms with Crippen LogP contribution in [0.4, 0.5) is 4.79 Å². The Kier molecular flexibility index (Phi) is 3.25. The van der Waals surface area contributed by atoms with E-state index in [1.807, 2.05) is 0 Å². The molecule has 0 saturated carbocycles. The van der Waals surface area contributed by atoms with Crippen LogP contribution in [-0.2, 0) is 4.74 Å². The van der Waals surface area contributed by atoms with Gasteiger partial charge in [0.05, 0.1) is 5.02 Å². The molecular formula is C12H12Cl2N2O2. The van der Waals surface area contributed by atoms with Crippen molar-refractivity contribution >= 4 is 40.3 Å². The third kappa shape index (κ3) is 2.60. The van der Waals surface area contributed by atoms with E-state index in [4.69, 9.17) is 27.9 Å². The van der Waals surface area contributed by atoms with E-state index >= 15 is 0 Å². The maximum absolute atomic E-state index is 12.0. The molecule has 0 amide bonds. The van der Waals surface area contributed by atoms with Gasteiger partial charge < -0.3 is 4.74 Å². The molecule has 0 saturated heterocycles. The van der Waals surface area contributed by atoms with E-state index in [0.29, 0.717) is 16.1 Å². The van der Waals surface area contributed by atoms with Crippen molar-refractivity contribution in [1.82, 2.24) is 9.55 Å². The lowest BCUT2D eigenvalue weighted by atomic mass is 10.2. The van der Waals surface area contributed by atoms with E-state index in [-0.39, 0.29) is 5.15 Å². The first kappa shape index (κ1) is 13.2. The second-order valence-corrected chi connectivity index (χ2v) is 5.62. The number of aromatic nitrogens is 2. The number of fused-ring (bicyclic) bond motifs is 1. The number of ether oxygens (including phenoxy) is 1. The molecule has 18 heavy (non-hydrogen) atoms. The number of pyridine rings is 1. The maximum Gasteiger partial charge on any atom is 0.420 e. The molecule has 6 heteroatoms. The minimum Gasteiger partial charge on any atom is -0.443 e. The average Bonchev–Trinajstić information content (AvgIpc) is 2.58. The molecular weight excluding hydrogens is 275 g/mol. The van der Waals surface area contributed by atoms with Crippen molar-refractivity contribution in [2.45, 2.75) is 26.4 Å². The largest absolute Gasteiger partial charge is 0.443 e. The van der Waals surface area contributed by atoms with Crippen LogP contribution in [0.2, 0.25) is 10.2 Å². The summed E-state index contributed by atoms with van der Waals surface area (Å²) in [4.78, 5) is 16.1. The highest BCUT2D eigenvalue weighted by Gasteiger charge is 2.20. The second kappa shape index (κ2) is 4.44. The SMILES string of the molecule is CC(C)(C)OC(=O)n1ccc2c(Cl)cc(Cl)nc21. The summed E-state index contributed by atoms with van der Waals surface area (Å²) in [6.07, 6.45) is 1.05. The summed E-state index contributed by atoms with van der Waals surface area (Å²) in [7, 11) is 0. The third-order valence-corrected chi connectivity index (χ3v) is 2.67. The van der Waals surface area contributed by atoms with Crippen LogP contribution in [0.5, 0.6) is 0 Å². The molecule has 0 aromatic carbocycles. The van der Waals surface area contributed by atoms with Gasteiger partial charge in [0.2, 0.25) is 0 Å². The highest BCUT2D eigenvalue weighted by Crippen LogP contribution is 2.26. The fraction of sp³-hybridized carbons (Fsp3) is 0.333. The summed E-state index contributed by atoms with van der Waals surface area (Å²) in [5.74, 6) is 0. The Morgan fingerprint density at radius 3 is 2.67 bits per heavy atom. The first-order valence-electron chi connectivity index (χ1n) is 5.34. The molecule has 0 aliphatic carbocycles. The summed E-state index contributed by atoms with van der Waals surface area (Å²) in [5.41, 5.74) is -0.183. The lowest BCUT2D eigenvalue weighted by Crippen LogP contribution is -2.26. The van der Waals surface area contributed by atoms with Gasteiger partial charge in [-0.15, -0.1) is 0 Å². The van der Waals surface area contributed by atoms with Gasteiger partial charge in [-0.1, -0.05) is 23.2 Å². The first-order chi connectivity index (χ1) is 8.28. The fourth-order valence-electron chi connectivity index (χ4n) is 1.50. The topological polar surface area (TPSA) is 44.1 Å². The predicted octanol–water partition coefficient (Wildman–Crippen LogP) is 4.13. The van der Waals surface area contributed by atoms with Crippen LogP contribution in [0, 0.1) is 0 Å². The van der Waals surface area contributed by atoms with E-state index in [0.717, 1.165) is 0 Å². The molecule has 0 aliphatic heterocycles. The molecule has 0 bridgehead atoms. The molecule has 2 heterocycles. The van der Waals surface area contributed by atoms with Gasteiger partial charge in [-0.25, -0.2) is 14.3 Å². The number of hydrogen-bond donors (Lipinski definition) is 0. The Hall–Kier alpha value is -1.26. The van der Waals surface area contributed by atoms with Gasteiger partial charge in [0.1, 0.15) is 10.8 Å². The first-order valence-corrected chi connectivity index (χ1v) is 6.10. The van der Waals surface area contributed by atoms with E-state index in [2.05, 4.69) is 4.98 Å². The van der Waals surface area contributed by atoms with Crippen LogP contribution in [0.25, 0.3) is 11.0 Å². The molecule has 96 valence electrons. The quantitative estimate of drug-likeness (QED) is 0.684. The van der Waals surface area contributed by atoms with Crippen molar-refractivity contribution in [2.24, 2.45) is 0 Å². The highest BCUT2D eigenvalue weighted by atomic mass is 35.5. The predicted molar refractivity (Wildman–Crippen MR) is 71.4 cm³/mol. The number of carbonyl (C=O) groups is 1. The van der Waals surface area contributed by atoms with Gasteiger partial charge >= 0.3 is 6.09 Å². The molecule has 0 spiro atoms. The molecule has 0 radical (unpaired) electrons. The van der Waals surface area contributed by atoms with Gasteiger partial charge in [0, 0.05) is 11.6 Å². The van der Waals surface area contributed by atoms with Crippen LogP contribution < -0.4 is 0 Å². The molecule has 0 fully saturated rings. The normalized spacial score (nSPS) is 11.8. The zero-order valence-corrected chi connectivity index (χ0v) is 11.7. The van der Waals surface area contributed by atoms with Crippen LogP contribution >= 0.6 is 23.2 Å². The number of hydrogen-bond acceptors (Lipinski definition) is 3. The Morgan fingerprint density at radius 2 is 2.06 bits per heavy atom. The van der Waals surface area contributed by atoms with Crippen molar-refractivity contribution in [3.8, 4) is 0 Å². The van der Waals surface area contributed by atoms with Gasteiger partial charge in [0.25, 0.3) is 0 Å². The molecule has 0 atom stereocenters. The van der Waals surface area contributed by atoms with E-state index in [9.17, 15) is 4.79 Å². The van der Waals surface area contributed by atoms with Gasteiger partial charge in [0.15, 0.2) is 5.65 Å². The van der Waals surface area contributed by atoms with E-state index in [1.165, 1.54) is 10.6 Å². The summed E-state index contributed by atoms with van der Waals surface area (Å²) in [6.45, 7) is 5.39. The summed E-state index contributed by atoms with van der Waals surface area (Å²) >= 11 is 11.9. The molecule has 2 aromatic rings. The summed E-state index contributed by atoms with van der Waals surface area (Å²) < 4.78 is 6.56. The smallest absolute Gasteiger partial charge is 0.420 e. The van der Waals surface area contributed by atoms with Crippen molar-refractivity contribution in [3.63, 3.8) is 0 Å². The maximum atomic E-state index is 12.0. The zero-order valence-electron chi connectivity index (χ0n) is 10.2. The summed E-state index contributed by atoms with van der Waals surface area (Å²) in [5, 5.41) is 1.34. The standard InChI is InChI=1S/C12H12Cl2N2O2/c1-12(2,3)18-11(17)16-5-4-7-8(13)6-9(14)15-10(7)16/h4-6H,1-3H3. The second-order valence-electron chi connectivity index (χ2n) is 4.83. The Morgan fingerprint density at radius 1 is 1.39 bits per heavy atom. The van der Waals surface area contributed by atoms with Crippen LogP contribution in [0.15, 0.2) is 18.3 Å². The van der Waals surface area contributed by atoms with Gasteiger partial charge in [-0.05, 0) is 32.9 Å². The molecule has 0 unspecified atom stereocenters. The van der Waals surface area contributed by atoms with E-state index < -0.39 is 11.7 Å².